The van der Waals surface area contributed by atoms with E-state index in [-0.39, 0.29) is 0 Å². The minimum absolute atomic E-state index is 0.421. The molecule has 1 aromatic heterocycles. The Morgan fingerprint density at radius 3 is 2.50 bits per heavy atom. The number of likely N-dealkylation sites (tertiary alicyclic amines) is 2. The monoisotopic (exact) mass is 382 g/mol. The standard InChI is InChI=1S/C22H34N6/c1-22(2,23)21-17-28(25-24-21)15-19-8-12-27(13-9-19)20-10-11-26(16-20)14-18-6-4-3-5-7-18/h3-7,17,19-20H,8-16,23H2,1-2H3/t20-/m1/s1. The van der Waals surface area contributed by atoms with Gasteiger partial charge in [-0.2, -0.15) is 0 Å². The summed E-state index contributed by atoms with van der Waals surface area (Å²) >= 11 is 0. The Hall–Kier alpha value is -1.76. The van der Waals surface area contributed by atoms with E-state index in [0.29, 0.717) is 5.92 Å². The first-order valence-corrected chi connectivity index (χ1v) is 10.7. The molecule has 1 atom stereocenters. The lowest BCUT2D eigenvalue weighted by molar-refractivity contribution is 0.124. The van der Waals surface area contributed by atoms with Crippen molar-refractivity contribution in [2.75, 3.05) is 26.2 Å². The zero-order chi connectivity index (χ0) is 19.6. The first-order valence-electron chi connectivity index (χ1n) is 10.7. The van der Waals surface area contributed by atoms with Crippen LogP contribution in [0.25, 0.3) is 0 Å². The van der Waals surface area contributed by atoms with Crippen LogP contribution in [0.5, 0.6) is 0 Å². The van der Waals surface area contributed by atoms with Gasteiger partial charge in [0.2, 0.25) is 0 Å². The molecule has 0 aliphatic carbocycles. The summed E-state index contributed by atoms with van der Waals surface area (Å²) in [5, 5.41) is 8.54. The van der Waals surface area contributed by atoms with Crippen LogP contribution < -0.4 is 5.73 Å². The third-order valence-electron chi connectivity index (χ3n) is 6.31. The summed E-state index contributed by atoms with van der Waals surface area (Å²) in [6, 6.07) is 11.6. The van der Waals surface area contributed by atoms with Gasteiger partial charge in [0.1, 0.15) is 5.69 Å². The maximum Gasteiger partial charge on any atom is 0.102 e. The van der Waals surface area contributed by atoms with Crippen molar-refractivity contribution in [3.8, 4) is 0 Å². The average molecular weight is 383 g/mol. The lowest BCUT2D eigenvalue weighted by Crippen LogP contribution is -2.43. The topological polar surface area (TPSA) is 63.2 Å². The SMILES string of the molecule is CC(C)(N)c1cn(CC2CCN([C@@H]3CCN(Cc4ccccc4)C3)CC2)nn1. The van der Waals surface area contributed by atoms with Crippen LogP contribution in [0.1, 0.15) is 44.4 Å². The molecule has 2 saturated heterocycles. The van der Waals surface area contributed by atoms with Gasteiger partial charge in [-0.1, -0.05) is 35.5 Å². The predicted octanol–water partition coefficient (Wildman–Crippen LogP) is 2.46. The summed E-state index contributed by atoms with van der Waals surface area (Å²) in [6.07, 6.45) is 5.81. The van der Waals surface area contributed by atoms with Gasteiger partial charge in [0.15, 0.2) is 0 Å². The molecule has 2 fully saturated rings. The number of nitrogens with two attached hydrogens (primary N) is 1. The highest BCUT2D eigenvalue weighted by molar-refractivity contribution is 5.14. The second-order valence-electron chi connectivity index (χ2n) is 9.19. The largest absolute Gasteiger partial charge is 0.320 e. The van der Waals surface area contributed by atoms with E-state index in [9.17, 15) is 0 Å². The lowest BCUT2D eigenvalue weighted by Gasteiger charge is -2.36. The Kier molecular flexibility index (Phi) is 5.80. The van der Waals surface area contributed by atoms with Gasteiger partial charge < -0.3 is 5.73 Å². The van der Waals surface area contributed by atoms with Crippen molar-refractivity contribution in [2.24, 2.45) is 11.7 Å². The van der Waals surface area contributed by atoms with Crippen molar-refractivity contribution >= 4 is 0 Å². The van der Waals surface area contributed by atoms with E-state index in [1.54, 1.807) is 0 Å². The molecular formula is C22H34N6. The van der Waals surface area contributed by atoms with E-state index in [0.717, 1.165) is 24.8 Å². The Morgan fingerprint density at radius 2 is 1.82 bits per heavy atom. The minimum Gasteiger partial charge on any atom is -0.320 e. The number of nitrogens with zero attached hydrogens (tertiary/aromatic N) is 5. The third kappa shape index (κ3) is 4.80. The number of piperidine rings is 1. The number of hydrogen-bond donors (Lipinski definition) is 1. The van der Waals surface area contributed by atoms with Crippen LogP contribution in [0.3, 0.4) is 0 Å². The predicted molar refractivity (Wildman–Crippen MR) is 112 cm³/mol. The number of benzene rings is 1. The van der Waals surface area contributed by atoms with Crippen molar-refractivity contribution < 1.29 is 0 Å². The third-order valence-corrected chi connectivity index (χ3v) is 6.31. The Morgan fingerprint density at radius 1 is 1.07 bits per heavy atom. The van der Waals surface area contributed by atoms with Crippen molar-refractivity contribution in [3.63, 3.8) is 0 Å². The van der Waals surface area contributed by atoms with Crippen LogP contribution in [0.2, 0.25) is 0 Å². The Balaban J connectivity index is 1.23. The molecule has 2 aliphatic rings. The van der Waals surface area contributed by atoms with Gasteiger partial charge in [0.25, 0.3) is 0 Å². The van der Waals surface area contributed by atoms with Crippen LogP contribution in [0.15, 0.2) is 36.5 Å². The molecule has 0 unspecified atom stereocenters. The summed E-state index contributed by atoms with van der Waals surface area (Å²) in [4.78, 5) is 5.33. The molecule has 2 aromatic rings. The van der Waals surface area contributed by atoms with Crippen molar-refractivity contribution in [1.82, 2.24) is 24.8 Å². The van der Waals surface area contributed by atoms with Crippen LogP contribution in [0.4, 0.5) is 0 Å². The summed E-state index contributed by atoms with van der Waals surface area (Å²) in [5.74, 6) is 0.688. The second kappa shape index (κ2) is 8.31. The first kappa shape index (κ1) is 19.6. The van der Waals surface area contributed by atoms with E-state index >= 15 is 0 Å². The smallest absolute Gasteiger partial charge is 0.102 e. The molecular weight excluding hydrogens is 348 g/mol. The maximum atomic E-state index is 6.12. The minimum atomic E-state index is -0.421. The molecule has 1 aromatic carbocycles. The number of hydrogen-bond acceptors (Lipinski definition) is 5. The Bertz CT molecular complexity index is 742. The van der Waals surface area contributed by atoms with E-state index in [4.69, 9.17) is 5.73 Å². The summed E-state index contributed by atoms with van der Waals surface area (Å²) in [6.45, 7) is 10.8. The fourth-order valence-electron chi connectivity index (χ4n) is 4.54. The molecule has 3 heterocycles. The van der Waals surface area contributed by atoms with Gasteiger partial charge in [0.05, 0.1) is 11.7 Å². The molecule has 0 bridgehead atoms. The van der Waals surface area contributed by atoms with Gasteiger partial charge in [-0.05, 0) is 57.7 Å². The van der Waals surface area contributed by atoms with Crippen molar-refractivity contribution in [3.05, 3.63) is 47.8 Å². The fraction of sp³-hybridized carbons (Fsp3) is 0.636. The molecule has 0 amide bonds. The molecule has 152 valence electrons. The quantitative estimate of drug-likeness (QED) is 0.831. The van der Waals surface area contributed by atoms with Crippen LogP contribution in [0, 0.1) is 5.92 Å². The number of rotatable bonds is 6. The lowest BCUT2D eigenvalue weighted by atomic mass is 9.95. The molecule has 0 spiro atoms. The molecule has 6 heteroatoms. The molecule has 28 heavy (non-hydrogen) atoms. The van der Waals surface area contributed by atoms with E-state index < -0.39 is 5.54 Å². The highest BCUT2D eigenvalue weighted by Gasteiger charge is 2.30. The van der Waals surface area contributed by atoms with Crippen molar-refractivity contribution in [2.45, 2.75) is 57.8 Å². The molecule has 2 aliphatic heterocycles. The van der Waals surface area contributed by atoms with Crippen LogP contribution in [-0.4, -0.2) is 57.0 Å². The van der Waals surface area contributed by atoms with Gasteiger partial charge in [-0.15, -0.1) is 5.10 Å². The number of aromatic nitrogens is 3. The molecule has 6 nitrogen and oxygen atoms in total. The highest BCUT2D eigenvalue weighted by atomic mass is 15.4. The summed E-state index contributed by atoms with van der Waals surface area (Å²) in [7, 11) is 0. The normalized spacial score (nSPS) is 22.8. The summed E-state index contributed by atoms with van der Waals surface area (Å²) in [5.41, 5.74) is 8.00. The van der Waals surface area contributed by atoms with Crippen molar-refractivity contribution in [1.29, 1.82) is 0 Å². The van der Waals surface area contributed by atoms with Gasteiger partial charge in [-0.3, -0.25) is 14.5 Å². The van der Waals surface area contributed by atoms with Gasteiger partial charge in [0, 0.05) is 32.2 Å². The molecule has 0 saturated carbocycles. The molecule has 2 N–H and O–H groups in total. The maximum absolute atomic E-state index is 6.12. The highest BCUT2D eigenvalue weighted by Crippen LogP contribution is 2.25. The Labute approximate surface area is 168 Å². The van der Waals surface area contributed by atoms with E-state index in [1.807, 2.05) is 24.7 Å². The zero-order valence-corrected chi connectivity index (χ0v) is 17.3. The first-order chi connectivity index (χ1) is 13.5. The van der Waals surface area contributed by atoms with E-state index in [1.165, 1.54) is 51.0 Å². The average Bonchev–Trinajstić information content (AvgIpc) is 3.33. The van der Waals surface area contributed by atoms with E-state index in [2.05, 4.69) is 50.4 Å². The fourth-order valence-corrected chi connectivity index (χ4v) is 4.54. The van der Waals surface area contributed by atoms with Crippen LogP contribution >= 0.6 is 0 Å². The molecule has 0 radical (unpaired) electrons. The second-order valence-corrected chi connectivity index (χ2v) is 9.19. The van der Waals surface area contributed by atoms with Gasteiger partial charge >= 0.3 is 0 Å². The van der Waals surface area contributed by atoms with Crippen LogP contribution in [-0.2, 0) is 18.6 Å². The van der Waals surface area contributed by atoms with Gasteiger partial charge in [-0.25, -0.2) is 0 Å². The zero-order valence-electron chi connectivity index (χ0n) is 17.3. The molecule has 4 rings (SSSR count). The summed E-state index contributed by atoms with van der Waals surface area (Å²) < 4.78 is 1.99.